The molecule has 0 saturated heterocycles. The zero-order valence-electron chi connectivity index (χ0n) is 19.7. The maximum atomic E-state index is 12.3. The van der Waals surface area contributed by atoms with Gasteiger partial charge in [0.25, 0.3) is 7.82 Å². The first-order valence-electron chi connectivity index (χ1n) is 11.0. The van der Waals surface area contributed by atoms with Gasteiger partial charge in [0.15, 0.2) is 5.12 Å². The van der Waals surface area contributed by atoms with Crippen LogP contribution in [-0.2, 0) is 23.1 Å². The fraction of sp³-hybridized carbons (Fsp3) is 0.609. The van der Waals surface area contributed by atoms with Crippen LogP contribution >= 0.6 is 19.6 Å². The molecule has 0 fully saturated rings. The van der Waals surface area contributed by atoms with Crippen molar-refractivity contribution in [3.8, 4) is 0 Å². The maximum Gasteiger partial charge on any atom is 1.00 e. The van der Waals surface area contributed by atoms with Crippen LogP contribution in [0, 0.1) is 0 Å². The van der Waals surface area contributed by atoms with Crippen molar-refractivity contribution in [2.45, 2.75) is 63.5 Å². The monoisotopic (exact) mass is 478 g/mol. The molecule has 0 radical (unpaired) electrons. The second kappa shape index (κ2) is 20.1. The summed E-state index contributed by atoms with van der Waals surface area (Å²) in [6.07, 6.45) is 12.3. The average Bonchev–Trinajstić information content (AvgIpc) is 2.77. The van der Waals surface area contributed by atoms with E-state index in [-0.39, 0.29) is 37.2 Å². The van der Waals surface area contributed by atoms with Gasteiger partial charge < -0.3 is 18.7 Å². The van der Waals surface area contributed by atoms with Gasteiger partial charge in [-0.15, -0.1) is 0 Å². The van der Waals surface area contributed by atoms with Crippen molar-refractivity contribution in [1.29, 1.82) is 0 Å². The first-order valence-corrected chi connectivity index (χ1v) is 13.3. The molecule has 32 heavy (non-hydrogen) atoms. The first-order chi connectivity index (χ1) is 15.0. The number of hydrogen-bond donors (Lipinski definition) is 0. The molecule has 0 saturated carbocycles. The summed E-state index contributed by atoms with van der Waals surface area (Å²) < 4.78 is 26.3. The second-order valence-electron chi connectivity index (χ2n) is 7.26. The third-order valence-corrected chi connectivity index (χ3v) is 6.54. The van der Waals surface area contributed by atoms with Gasteiger partial charge in [-0.2, -0.15) is 0 Å². The first kappa shape index (κ1) is 31.6. The van der Waals surface area contributed by atoms with E-state index < -0.39 is 13.1 Å². The van der Waals surface area contributed by atoms with E-state index in [0.29, 0.717) is 13.0 Å². The molecule has 0 amide bonds. The van der Waals surface area contributed by atoms with Crippen molar-refractivity contribution < 1.29 is 46.9 Å². The van der Waals surface area contributed by atoms with Crippen LogP contribution < -0.4 is 23.8 Å². The number of rotatable bonds is 18. The summed E-state index contributed by atoms with van der Waals surface area (Å²) in [5.74, 6) is 0. The molecule has 9 heteroatoms. The second-order valence-corrected chi connectivity index (χ2v) is 10.1. The standard InChI is InChI=1S/C23H37O6PS.Li/c1-3-4-5-6-7-8-12-17-23(24)31-22(20-29-30(25,26)27-2)19-28-18-13-16-21-14-10-9-11-15-21;/h9-11,13-16,22H,3-8,12,17-20H2,1-2H3,(H,25,26);/q;+1/p-1/b16-13+;/t22-;/m1./s1. The number of benzene rings is 1. The molecule has 1 aromatic carbocycles. The Morgan fingerprint density at radius 3 is 2.41 bits per heavy atom. The number of phosphoric ester groups is 1. The molecule has 176 valence electrons. The summed E-state index contributed by atoms with van der Waals surface area (Å²) in [5.41, 5.74) is 1.07. The minimum Gasteiger partial charge on any atom is -0.756 e. The van der Waals surface area contributed by atoms with Gasteiger partial charge in [-0.1, -0.05) is 99.7 Å². The molecule has 0 aliphatic rings. The van der Waals surface area contributed by atoms with E-state index >= 15 is 0 Å². The number of thioether (sulfide) groups is 1. The Hall–Kier alpha value is -0.353. The molecule has 0 aromatic heterocycles. The topological polar surface area (TPSA) is 84.9 Å². The zero-order valence-corrected chi connectivity index (χ0v) is 21.4. The molecule has 0 heterocycles. The summed E-state index contributed by atoms with van der Waals surface area (Å²) in [7, 11) is -3.29. The third-order valence-electron chi connectivity index (χ3n) is 4.55. The Morgan fingerprint density at radius 1 is 1.09 bits per heavy atom. The van der Waals surface area contributed by atoms with Crippen molar-refractivity contribution in [2.75, 3.05) is 26.9 Å². The minimum atomic E-state index is -4.34. The van der Waals surface area contributed by atoms with Crippen molar-refractivity contribution in [1.82, 2.24) is 0 Å². The van der Waals surface area contributed by atoms with E-state index in [1.807, 2.05) is 42.5 Å². The number of phosphoric acid groups is 1. The van der Waals surface area contributed by atoms with Crippen molar-refractivity contribution >= 4 is 30.8 Å². The molecule has 0 spiro atoms. The molecular formula is C23H36LiO6PS. The fourth-order valence-electron chi connectivity index (χ4n) is 2.83. The molecule has 0 aliphatic heterocycles. The Morgan fingerprint density at radius 2 is 1.75 bits per heavy atom. The smallest absolute Gasteiger partial charge is 0.756 e. The molecule has 0 aliphatic carbocycles. The van der Waals surface area contributed by atoms with Crippen LogP contribution in [0.15, 0.2) is 36.4 Å². The number of ether oxygens (including phenoxy) is 1. The minimum absolute atomic E-state index is 0. The Balaban J connectivity index is 0.00000961. The summed E-state index contributed by atoms with van der Waals surface area (Å²) >= 11 is 1.09. The van der Waals surface area contributed by atoms with Crippen molar-refractivity contribution in [2.24, 2.45) is 0 Å². The van der Waals surface area contributed by atoms with Crippen LogP contribution in [0.4, 0.5) is 0 Å². The van der Waals surface area contributed by atoms with Gasteiger partial charge in [-0.05, 0) is 12.0 Å². The van der Waals surface area contributed by atoms with Crippen LogP contribution in [0.5, 0.6) is 0 Å². The Labute approximate surface area is 209 Å². The fourth-order valence-corrected chi connectivity index (χ4v) is 4.33. The Kier molecular flexibility index (Phi) is 19.8. The maximum absolute atomic E-state index is 12.3. The van der Waals surface area contributed by atoms with Gasteiger partial charge in [0, 0.05) is 13.5 Å². The molecule has 2 atom stereocenters. The van der Waals surface area contributed by atoms with Gasteiger partial charge in [0.05, 0.1) is 25.1 Å². The van der Waals surface area contributed by atoms with Gasteiger partial charge in [-0.25, -0.2) is 0 Å². The van der Waals surface area contributed by atoms with Gasteiger partial charge in [0.2, 0.25) is 0 Å². The number of carbonyl (C=O) groups is 1. The summed E-state index contributed by atoms with van der Waals surface area (Å²) in [5, 5.41) is -0.386. The van der Waals surface area contributed by atoms with E-state index in [4.69, 9.17) is 9.26 Å². The summed E-state index contributed by atoms with van der Waals surface area (Å²) in [6, 6.07) is 9.84. The van der Waals surface area contributed by atoms with Crippen LogP contribution in [0.1, 0.15) is 63.9 Å². The van der Waals surface area contributed by atoms with E-state index in [9.17, 15) is 14.3 Å². The normalized spacial score (nSPS) is 14.1. The molecule has 6 nitrogen and oxygen atoms in total. The van der Waals surface area contributed by atoms with Gasteiger partial charge in [-0.3, -0.25) is 9.36 Å². The van der Waals surface area contributed by atoms with Crippen LogP contribution in [0.25, 0.3) is 6.08 Å². The third kappa shape index (κ3) is 17.2. The molecular weight excluding hydrogens is 442 g/mol. The molecule has 0 bridgehead atoms. The molecule has 1 rings (SSSR count). The molecule has 1 unspecified atom stereocenters. The zero-order chi connectivity index (χ0) is 22.8. The summed E-state index contributed by atoms with van der Waals surface area (Å²) in [4.78, 5) is 23.8. The van der Waals surface area contributed by atoms with Crippen molar-refractivity contribution in [3.05, 3.63) is 42.0 Å². The Bertz CT molecular complexity index is 674. The number of carbonyl (C=O) groups excluding carboxylic acids is 1. The predicted molar refractivity (Wildman–Crippen MR) is 126 cm³/mol. The van der Waals surface area contributed by atoms with Gasteiger partial charge in [0.1, 0.15) is 0 Å². The SMILES string of the molecule is CCCCCCCCCC(=O)S[C@H](COC/C=C/c1ccccc1)COP(=O)([O-])OC.[Li+]. The van der Waals surface area contributed by atoms with Crippen LogP contribution in [0.2, 0.25) is 0 Å². The quantitative estimate of drug-likeness (QED) is 0.182. The number of unbranched alkanes of at least 4 members (excludes halogenated alkanes) is 6. The average molecular weight is 479 g/mol. The largest absolute Gasteiger partial charge is 1.00 e. The van der Waals surface area contributed by atoms with E-state index in [1.54, 1.807) is 0 Å². The number of hydrogen-bond acceptors (Lipinski definition) is 7. The van der Waals surface area contributed by atoms with E-state index in [2.05, 4.69) is 11.4 Å². The van der Waals surface area contributed by atoms with E-state index in [0.717, 1.165) is 43.7 Å². The van der Waals surface area contributed by atoms with Gasteiger partial charge >= 0.3 is 18.9 Å². The van der Waals surface area contributed by atoms with Crippen LogP contribution in [0.3, 0.4) is 0 Å². The van der Waals surface area contributed by atoms with E-state index in [1.165, 1.54) is 25.7 Å². The van der Waals surface area contributed by atoms with Crippen LogP contribution in [-0.4, -0.2) is 37.3 Å². The predicted octanol–water partition coefficient (Wildman–Crippen LogP) is 2.62. The van der Waals surface area contributed by atoms with Crippen molar-refractivity contribution in [3.63, 3.8) is 0 Å². The molecule has 1 aromatic rings. The summed E-state index contributed by atoms with van der Waals surface area (Å²) in [6.45, 7) is 2.59. The molecule has 0 N–H and O–H groups in total.